The molecule has 2 aromatic rings. The SMILES string of the molecule is Cc1c(N=CNc2cccc([N+](=O)[O-])c2C)cccc1[N+](=O)[O-]. The highest BCUT2D eigenvalue weighted by atomic mass is 16.6. The van der Waals surface area contributed by atoms with E-state index in [4.69, 9.17) is 0 Å². The monoisotopic (exact) mass is 314 g/mol. The van der Waals surface area contributed by atoms with E-state index in [9.17, 15) is 20.2 Å². The van der Waals surface area contributed by atoms with Crippen LogP contribution in [0.4, 0.5) is 22.7 Å². The van der Waals surface area contributed by atoms with E-state index in [0.717, 1.165) is 0 Å². The number of nitrogens with one attached hydrogen (secondary N) is 1. The molecule has 0 aliphatic rings. The minimum atomic E-state index is -0.466. The first kappa shape index (κ1) is 16.1. The molecule has 0 fully saturated rings. The molecular formula is C15H14N4O4. The Morgan fingerprint density at radius 1 is 0.957 bits per heavy atom. The highest BCUT2D eigenvalue weighted by Gasteiger charge is 2.13. The standard InChI is InChI=1S/C15H14N4O4/c1-10-12(5-3-7-14(10)18(20)21)16-9-17-13-6-4-8-15(11(13)2)19(22)23/h3-9H,1-2H3,(H,16,17). The van der Waals surface area contributed by atoms with Crippen LogP contribution < -0.4 is 5.32 Å². The lowest BCUT2D eigenvalue weighted by Crippen LogP contribution is -2.00. The van der Waals surface area contributed by atoms with Crippen LogP contribution in [0.2, 0.25) is 0 Å². The first-order valence-corrected chi connectivity index (χ1v) is 6.69. The van der Waals surface area contributed by atoms with E-state index in [-0.39, 0.29) is 11.4 Å². The van der Waals surface area contributed by atoms with Gasteiger partial charge in [0.2, 0.25) is 0 Å². The maximum atomic E-state index is 10.9. The molecule has 0 atom stereocenters. The number of anilines is 1. The molecule has 2 rings (SSSR count). The van der Waals surface area contributed by atoms with Gasteiger partial charge in [-0.3, -0.25) is 20.2 Å². The van der Waals surface area contributed by atoms with Crippen molar-refractivity contribution < 1.29 is 9.85 Å². The Kier molecular flexibility index (Phi) is 4.65. The van der Waals surface area contributed by atoms with Gasteiger partial charge in [0.25, 0.3) is 11.4 Å². The zero-order valence-corrected chi connectivity index (χ0v) is 12.5. The van der Waals surface area contributed by atoms with Gasteiger partial charge < -0.3 is 5.32 Å². The summed E-state index contributed by atoms with van der Waals surface area (Å²) in [4.78, 5) is 25.0. The molecule has 0 heterocycles. The molecule has 0 saturated carbocycles. The first-order valence-electron chi connectivity index (χ1n) is 6.69. The molecule has 0 spiro atoms. The maximum Gasteiger partial charge on any atom is 0.274 e. The van der Waals surface area contributed by atoms with Crippen molar-refractivity contribution in [2.45, 2.75) is 13.8 Å². The second-order valence-electron chi connectivity index (χ2n) is 4.79. The molecule has 0 bridgehead atoms. The first-order chi connectivity index (χ1) is 10.9. The average Bonchev–Trinajstić information content (AvgIpc) is 2.50. The third-order valence-electron chi connectivity index (χ3n) is 3.40. The molecule has 2 aromatic carbocycles. The van der Waals surface area contributed by atoms with E-state index in [1.807, 2.05) is 0 Å². The summed E-state index contributed by atoms with van der Waals surface area (Å²) in [5.74, 6) is 0. The van der Waals surface area contributed by atoms with Gasteiger partial charge >= 0.3 is 0 Å². The number of nitro groups is 2. The Balaban J connectivity index is 2.24. The third kappa shape index (κ3) is 3.49. The molecule has 23 heavy (non-hydrogen) atoms. The van der Waals surface area contributed by atoms with Gasteiger partial charge in [-0.05, 0) is 26.0 Å². The third-order valence-corrected chi connectivity index (χ3v) is 3.40. The van der Waals surface area contributed by atoms with E-state index < -0.39 is 9.85 Å². The molecule has 0 saturated heterocycles. The zero-order valence-electron chi connectivity index (χ0n) is 12.5. The lowest BCUT2D eigenvalue weighted by molar-refractivity contribution is -0.385. The number of hydrogen-bond donors (Lipinski definition) is 1. The minimum absolute atomic E-state index is 0.00817. The number of aliphatic imine (C=N–C) groups is 1. The van der Waals surface area contributed by atoms with Crippen molar-refractivity contribution in [1.29, 1.82) is 0 Å². The van der Waals surface area contributed by atoms with Crippen molar-refractivity contribution in [2.24, 2.45) is 4.99 Å². The summed E-state index contributed by atoms with van der Waals surface area (Å²) in [6.45, 7) is 3.25. The van der Waals surface area contributed by atoms with Gasteiger partial charge in [0, 0.05) is 17.8 Å². The van der Waals surface area contributed by atoms with Crippen LogP contribution in [0.1, 0.15) is 11.1 Å². The highest BCUT2D eigenvalue weighted by molar-refractivity contribution is 5.81. The summed E-state index contributed by atoms with van der Waals surface area (Å²) in [6.07, 6.45) is 1.36. The van der Waals surface area contributed by atoms with Gasteiger partial charge in [-0.15, -0.1) is 0 Å². The number of rotatable bonds is 5. The summed E-state index contributed by atoms with van der Waals surface area (Å²) in [7, 11) is 0. The molecule has 0 unspecified atom stereocenters. The van der Waals surface area contributed by atoms with Gasteiger partial charge in [-0.1, -0.05) is 12.1 Å². The molecule has 0 amide bonds. The summed E-state index contributed by atoms with van der Waals surface area (Å²) in [6, 6.07) is 9.29. The molecule has 0 radical (unpaired) electrons. The van der Waals surface area contributed by atoms with Crippen molar-refractivity contribution in [1.82, 2.24) is 0 Å². The van der Waals surface area contributed by atoms with Crippen LogP contribution in [0.25, 0.3) is 0 Å². The maximum absolute atomic E-state index is 10.9. The van der Waals surface area contributed by atoms with Crippen molar-refractivity contribution >= 4 is 29.1 Å². The number of nitrogens with zero attached hydrogens (tertiary/aromatic N) is 3. The van der Waals surface area contributed by atoms with E-state index in [2.05, 4.69) is 10.3 Å². The molecule has 8 heteroatoms. The van der Waals surface area contributed by atoms with Gasteiger partial charge in [-0.2, -0.15) is 0 Å². The van der Waals surface area contributed by atoms with Crippen LogP contribution in [0, 0.1) is 34.1 Å². The Bertz CT molecular complexity index is 802. The van der Waals surface area contributed by atoms with Crippen LogP contribution in [0.3, 0.4) is 0 Å². The molecule has 1 N–H and O–H groups in total. The van der Waals surface area contributed by atoms with E-state index in [1.165, 1.54) is 18.5 Å². The van der Waals surface area contributed by atoms with E-state index in [1.54, 1.807) is 38.1 Å². The van der Waals surface area contributed by atoms with Gasteiger partial charge in [0.15, 0.2) is 0 Å². The van der Waals surface area contributed by atoms with E-state index in [0.29, 0.717) is 22.5 Å². The Morgan fingerprint density at radius 3 is 2.13 bits per heavy atom. The molecule has 0 aromatic heterocycles. The molecule has 8 nitrogen and oxygen atoms in total. The van der Waals surface area contributed by atoms with Crippen LogP contribution in [0.15, 0.2) is 41.4 Å². The molecular weight excluding hydrogens is 300 g/mol. The topological polar surface area (TPSA) is 111 Å². The minimum Gasteiger partial charge on any atom is -0.346 e. The quantitative estimate of drug-likeness (QED) is 0.389. The van der Waals surface area contributed by atoms with Crippen molar-refractivity contribution in [3.05, 3.63) is 67.8 Å². The summed E-state index contributed by atoms with van der Waals surface area (Å²) in [5, 5.41) is 24.7. The number of benzene rings is 2. The number of hydrogen-bond acceptors (Lipinski definition) is 5. The van der Waals surface area contributed by atoms with Gasteiger partial charge in [-0.25, -0.2) is 4.99 Å². The molecule has 0 aliphatic carbocycles. The smallest absolute Gasteiger partial charge is 0.274 e. The van der Waals surface area contributed by atoms with Gasteiger partial charge in [0.1, 0.15) is 0 Å². The van der Waals surface area contributed by atoms with Crippen molar-refractivity contribution in [3.8, 4) is 0 Å². The highest BCUT2D eigenvalue weighted by Crippen LogP contribution is 2.27. The van der Waals surface area contributed by atoms with Crippen molar-refractivity contribution in [3.63, 3.8) is 0 Å². The fraction of sp³-hybridized carbons (Fsp3) is 0.133. The predicted molar refractivity (Wildman–Crippen MR) is 87.4 cm³/mol. The lowest BCUT2D eigenvalue weighted by atomic mass is 10.1. The lowest BCUT2D eigenvalue weighted by Gasteiger charge is -2.05. The Labute approximate surface area is 131 Å². The predicted octanol–water partition coefficient (Wildman–Crippen LogP) is 3.89. The van der Waals surface area contributed by atoms with Crippen LogP contribution in [-0.4, -0.2) is 16.2 Å². The zero-order chi connectivity index (χ0) is 17.0. The van der Waals surface area contributed by atoms with Crippen LogP contribution in [0.5, 0.6) is 0 Å². The number of nitro benzene ring substituents is 2. The molecule has 118 valence electrons. The van der Waals surface area contributed by atoms with Crippen LogP contribution >= 0.6 is 0 Å². The summed E-state index contributed by atoms with van der Waals surface area (Å²) < 4.78 is 0. The normalized spacial score (nSPS) is 10.7. The van der Waals surface area contributed by atoms with Gasteiger partial charge in [0.05, 0.1) is 33.0 Å². The van der Waals surface area contributed by atoms with Crippen LogP contribution in [-0.2, 0) is 0 Å². The Morgan fingerprint density at radius 2 is 1.52 bits per heavy atom. The Hall–Kier alpha value is -3.29. The second kappa shape index (κ2) is 6.65. The fourth-order valence-corrected chi connectivity index (χ4v) is 2.10. The van der Waals surface area contributed by atoms with E-state index >= 15 is 0 Å². The summed E-state index contributed by atoms with van der Waals surface area (Å²) >= 11 is 0. The average molecular weight is 314 g/mol. The largest absolute Gasteiger partial charge is 0.346 e. The van der Waals surface area contributed by atoms with Crippen molar-refractivity contribution in [2.75, 3.05) is 5.32 Å². The second-order valence-corrected chi connectivity index (χ2v) is 4.79. The summed E-state index contributed by atoms with van der Waals surface area (Å²) in [5.41, 5.74) is 1.94. The molecule has 0 aliphatic heterocycles. The fourth-order valence-electron chi connectivity index (χ4n) is 2.10.